The number of carbonyl (C=O) groups excluding carboxylic acids is 10. The number of nitrogens with two attached hydrogens (primary N) is 4. The number of carbonyl (C=O) groups is 10. The Morgan fingerprint density at radius 3 is 1.57 bits per heavy atom. The molecule has 77 heavy (non-hydrogen) atoms. The molecule has 0 aromatic carbocycles. The Morgan fingerprint density at radius 1 is 0.571 bits per heavy atom. The Hall–Kier alpha value is -7.06. The SMILES string of the molecule is C=CCOCC(COC(=O)NCCCC(=O)CC(CC(C)C)C(=O)OCCOC(=O)C(CC(C)C)NC(=O)NCCCC(=O)CC(CCCN=C(N)N)C(=O)OCCOC(=O)C(CCCN=C(N)N)NC(C)=O)OC(C)=O. The summed E-state index contributed by atoms with van der Waals surface area (Å²) in [6.07, 6.45) is 1.80. The predicted molar refractivity (Wildman–Crippen MR) is 281 cm³/mol. The Morgan fingerprint density at radius 2 is 1.06 bits per heavy atom. The summed E-state index contributed by atoms with van der Waals surface area (Å²) in [6, 6.07) is -2.75. The second-order valence-corrected chi connectivity index (χ2v) is 18.7. The van der Waals surface area contributed by atoms with E-state index in [0.29, 0.717) is 19.3 Å². The van der Waals surface area contributed by atoms with Gasteiger partial charge in [-0.3, -0.25) is 38.8 Å². The maximum atomic E-state index is 13.1. The van der Waals surface area contributed by atoms with Crippen LogP contribution in [0.3, 0.4) is 0 Å². The molecule has 0 radical (unpaired) electrons. The zero-order chi connectivity index (χ0) is 58.1. The van der Waals surface area contributed by atoms with Gasteiger partial charge < -0.3 is 77.4 Å². The maximum Gasteiger partial charge on any atom is 0.407 e. The highest BCUT2D eigenvalue weighted by atomic mass is 16.6. The Bertz CT molecular complexity index is 1930. The van der Waals surface area contributed by atoms with E-state index >= 15 is 0 Å². The van der Waals surface area contributed by atoms with Crippen LogP contribution >= 0.6 is 0 Å². The van der Waals surface area contributed by atoms with Gasteiger partial charge in [-0.1, -0.05) is 33.8 Å². The van der Waals surface area contributed by atoms with Gasteiger partial charge in [-0.25, -0.2) is 19.2 Å². The standard InChI is InChI=1S/C50H86N10O17/c1-8-21-71-30-40(77-35(7)62)31-76-50(70)58-20-11-15-39(64)29-37(26-32(2)3)44(66)73-23-25-75-46(68)42(27-33(4)5)60-49(69)57-19-10-14-38(63)28-36(13-9-17-55-47(51)52)43(65)72-22-24-74-45(67)41(59-34(6)61)16-12-18-56-48(53)54/h8,32-33,36-37,40-42H,1,9-31H2,2-7H3,(H,58,70)(H,59,61)(H4,51,52,55)(H4,53,54,56)(H2,57,60,69). The molecule has 27 heteroatoms. The average Bonchev–Trinajstić information content (AvgIpc) is 3.34. The molecule has 0 aromatic rings. The molecule has 12 N–H and O–H groups in total. The number of hydrogen-bond donors (Lipinski definition) is 8. The lowest BCUT2D eigenvalue weighted by molar-refractivity contribution is -0.157. The Labute approximate surface area is 451 Å². The van der Waals surface area contributed by atoms with Crippen LogP contribution in [0, 0.1) is 23.7 Å². The molecule has 0 heterocycles. The van der Waals surface area contributed by atoms with E-state index in [2.05, 4.69) is 37.8 Å². The first-order valence-corrected chi connectivity index (χ1v) is 25.8. The molecule has 0 aliphatic heterocycles. The molecule has 0 aliphatic carbocycles. The van der Waals surface area contributed by atoms with Crippen molar-refractivity contribution in [1.29, 1.82) is 0 Å². The molecule has 0 saturated heterocycles. The molecule has 5 atom stereocenters. The van der Waals surface area contributed by atoms with Crippen LogP contribution < -0.4 is 44.2 Å². The summed E-state index contributed by atoms with van der Waals surface area (Å²) in [4.78, 5) is 134. The fraction of sp³-hybridized carbons (Fsp3) is 0.720. The number of aliphatic imine (C=N–C) groups is 2. The second kappa shape index (κ2) is 42.1. The van der Waals surface area contributed by atoms with E-state index < -0.39 is 77.9 Å². The lowest BCUT2D eigenvalue weighted by Crippen LogP contribution is -2.47. The summed E-state index contributed by atoms with van der Waals surface area (Å²) < 4.78 is 36.7. The zero-order valence-corrected chi connectivity index (χ0v) is 45.7. The van der Waals surface area contributed by atoms with E-state index in [1.807, 2.05) is 27.7 Å². The van der Waals surface area contributed by atoms with Crippen molar-refractivity contribution in [2.24, 2.45) is 56.6 Å². The van der Waals surface area contributed by atoms with Crippen molar-refractivity contribution in [3.05, 3.63) is 12.7 Å². The second-order valence-electron chi connectivity index (χ2n) is 18.7. The van der Waals surface area contributed by atoms with Crippen LogP contribution in [0.2, 0.25) is 0 Å². The number of ketones is 2. The van der Waals surface area contributed by atoms with E-state index in [1.165, 1.54) is 19.9 Å². The van der Waals surface area contributed by atoms with Gasteiger partial charge in [-0.15, -0.1) is 6.58 Å². The monoisotopic (exact) mass is 1100 g/mol. The molecular weight excluding hydrogens is 1010 g/mol. The number of urea groups is 1. The minimum atomic E-state index is -1.07. The van der Waals surface area contributed by atoms with Crippen molar-refractivity contribution in [3.63, 3.8) is 0 Å². The van der Waals surface area contributed by atoms with Crippen LogP contribution in [0.15, 0.2) is 22.6 Å². The lowest BCUT2D eigenvalue weighted by Gasteiger charge is -2.20. The van der Waals surface area contributed by atoms with Gasteiger partial charge in [-0.05, 0) is 63.2 Å². The number of guanidine groups is 2. The molecule has 0 rings (SSSR count). The predicted octanol–water partition coefficient (Wildman–Crippen LogP) is 1.10. The van der Waals surface area contributed by atoms with Gasteiger partial charge in [0.15, 0.2) is 18.0 Å². The van der Waals surface area contributed by atoms with Crippen LogP contribution in [0.25, 0.3) is 0 Å². The summed E-state index contributed by atoms with van der Waals surface area (Å²) in [5, 5.41) is 10.2. The first kappa shape index (κ1) is 69.9. The summed E-state index contributed by atoms with van der Waals surface area (Å²) >= 11 is 0. The van der Waals surface area contributed by atoms with Crippen LogP contribution in [0.1, 0.15) is 119 Å². The van der Waals surface area contributed by atoms with Crippen LogP contribution in [0.4, 0.5) is 9.59 Å². The topological polar surface area (TPSA) is 412 Å². The first-order valence-electron chi connectivity index (χ1n) is 25.8. The third kappa shape index (κ3) is 39.1. The van der Waals surface area contributed by atoms with Crippen molar-refractivity contribution < 1.29 is 81.1 Å². The van der Waals surface area contributed by atoms with Gasteiger partial charge >= 0.3 is 42.0 Å². The van der Waals surface area contributed by atoms with Gasteiger partial charge in [0.25, 0.3) is 0 Å². The smallest absolute Gasteiger partial charge is 0.407 e. The van der Waals surface area contributed by atoms with E-state index in [1.54, 1.807) is 0 Å². The number of nitrogens with one attached hydrogen (secondary N) is 4. The molecule has 4 amide bonds. The van der Waals surface area contributed by atoms with Gasteiger partial charge in [0.05, 0.1) is 25.0 Å². The molecule has 0 fully saturated rings. The molecule has 0 bridgehead atoms. The number of amides is 4. The summed E-state index contributed by atoms with van der Waals surface area (Å²) in [6.45, 7) is 12.7. The number of ether oxygens (including phenoxy) is 7. The van der Waals surface area contributed by atoms with Crippen molar-refractivity contribution in [2.45, 2.75) is 137 Å². The fourth-order valence-electron chi connectivity index (χ4n) is 7.15. The molecule has 0 spiro atoms. The van der Waals surface area contributed by atoms with E-state index in [-0.39, 0.29) is 166 Å². The summed E-state index contributed by atoms with van der Waals surface area (Å²) in [5.41, 5.74) is 21.5. The highest BCUT2D eigenvalue weighted by Crippen LogP contribution is 2.20. The van der Waals surface area contributed by atoms with Gasteiger partial charge in [0.1, 0.15) is 56.7 Å². The van der Waals surface area contributed by atoms with E-state index in [4.69, 9.17) is 56.1 Å². The van der Waals surface area contributed by atoms with Crippen molar-refractivity contribution in [3.8, 4) is 0 Å². The highest BCUT2D eigenvalue weighted by molar-refractivity contribution is 5.86. The summed E-state index contributed by atoms with van der Waals surface area (Å²) in [7, 11) is 0. The van der Waals surface area contributed by atoms with E-state index in [0.717, 1.165) is 0 Å². The van der Waals surface area contributed by atoms with Crippen molar-refractivity contribution >= 4 is 71.4 Å². The van der Waals surface area contributed by atoms with Gasteiger partial charge in [-0.2, -0.15) is 0 Å². The minimum Gasteiger partial charge on any atom is -0.462 e. The quantitative estimate of drug-likeness (QED) is 0.0106. The van der Waals surface area contributed by atoms with Crippen LogP contribution in [0.5, 0.6) is 0 Å². The fourth-order valence-corrected chi connectivity index (χ4v) is 7.15. The number of hydrogen-bond acceptors (Lipinski definition) is 19. The number of nitrogens with zero attached hydrogens (tertiary/aromatic N) is 2. The molecular formula is C50H86N10O17. The van der Waals surface area contributed by atoms with Gasteiger partial charge in [0.2, 0.25) is 5.91 Å². The highest BCUT2D eigenvalue weighted by Gasteiger charge is 2.28. The average molecular weight is 1100 g/mol. The largest absolute Gasteiger partial charge is 0.462 e. The van der Waals surface area contributed by atoms with Crippen molar-refractivity contribution in [2.75, 3.05) is 72.4 Å². The van der Waals surface area contributed by atoms with Gasteiger partial charge in [0, 0.05) is 65.7 Å². The summed E-state index contributed by atoms with van der Waals surface area (Å²) in [5.74, 6) is -6.32. The molecule has 0 aromatic heterocycles. The molecule has 0 aliphatic rings. The number of esters is 5. The minimum absolute atomic E-state index is 0.000959. The third-order valence-electron chi connectivity index (χ3n) is 10.5. The normalized spacial score (nSPS) is 12.7. The zero-order valence-electron chi connectivity index (χ0n) is 45.7. The molecule has 0 saturated carbocycles. The third-order valence-corrected chi connectivity index (χ3v) is 10.5. The van der Waals surface area contributed by atoms with Crippen LogP contribution in [-0.2, 0) is 71.5 Å². The van der Waals surface area contributed by atoms with Crippen molar-refractivity contribution in [1.82, 2.24) is 21.3 Å². The van der Waals surface area contributed by atoms with E-state index in [9.17, 15) is 47.9 Å². The lowest BCUT2D eigenvalue weighted by atomic mass is 9.91. The number of Topliss-reactive ketones (excluding diaryl/α,β-unsaturated/α-hetero) is 2. The Balaban J connectivity index is 5.06. The molecule has 5 unspecified atom stereocenters. The molecule has 27 nitrogen and oxygen atoms in total. The maximum absolute atomic E-state index is 13.1. The first-order chi connectivity index (χ1) is 36.4. The number of alkyl carbamates (subject to hydrolysis) is 1. The molecule has 438 valence electrons. The Kier molecular flexibility index (Phi) is 38.2. The van der Waals surface area contributed by atoms with Crippen LogP contribution in [-0.4, -0.2) is 162 Å². The number of rotatable bonds is 43.